The molecule has 11 atom stereocenters. The maximum atomic E-state index is 15.7. The molecule has 15 nitrogen and oxygen atoms in total. The summed E-state index contributed by atoms with van der Waals surface area (Å²) < 4.78 is 42.8. The van der Waals surface area contributed by atoms with Crippen LogP contribution in [0.25, 0.3) is 0 Å². The van der Waals surface area contributed by atoms with Gasteiger partial charge < -0.3 is 48.7 Å². The van der Waals surface area contributed by atoms with Gasteiger partial charge in [0.15, 0.2) is 17.5 Å². The lowest BCUT2D eigenvalue weighted by Crippen LogP contribution is -2.85. The van der Waals surface area contributed by atoms with Gasteiger partial charge in [-0.3, -0.25) is 9.59 Å². The Morgan fingerprint density at radius 3 is 2.05 bits per heavy atom. The molecule has 2 bridgehead atoms. The van der Waals surface area contributed by atoms with Crippen LogP contribution >= 0.6 is 0 Å². The van der Waals surface area contributed by atoms with Crippen LogP contribution in [0.3, 0.4) is 0 Å². The van der Waals surface area contributed by atoms with E-state index in [0.717, 1.165) is 0 Å². The Bertz CT molecular complexity index is 2060. The van der Waals surface area contributed by atoms with Gasteiger partial charge in [-0.1, -0.05) is 62.4 Å². The Balaban J connectivity index is 1.55. The largest absolute Gasteiger partial charge is 0.456 e. The maximum absolute atomic E-state index is 15.7. The zero-order valence-electron chi connectivity index (χ0n) is 36.7. The van der Waals surface area contributed by atoms with Crippen molar-refractivity contribution in [3.63, 3.8) is 0 Å². The number of hydrogen-bond acceptors (Lipinski definition) is 14. The van der Waals surface area contributed by atoms with E-state index in [1.165, 1.54) is 28.1 Å². The molecule has 3 N–H and O–H groups in total. The Kier molecular flexibility index (Phi) is 12.2. The first-order valence-electron chi connectivity index (χ1n) is 20.5. The third-order valence-electron chi connectivity index (χ3n) is 13.6. The molecular formula is C46H59NO14. The average molecular weight is 850 g/mol. The lowest BCUT2D eigenvalue weighted by Gasteiger charge is -2.71. The van der Waals surface area contributed by atoms with E-state index in [1.54, 1.807) is 109 Å². The topological polar surface area (TPSA) is 202 Å². The van der Waals surface area contributed by atoms with Crippen LogP contribution in [0.4, 0.5) is 4.79 Å². The van der Waals surface area contributed by atoms with Crippen molar-refractivity contribution in [1.82, 2.24) is 5.32 Å². The number of Topliss-reactive ketones (excluding diaryl/α,β-unsaturated/α-hetero) is 1. The zero-order chi connectivity index (χ0) is 45.1. The number of carbonyl (C=O) groups excluding carboxylic acids is 5. The van der Waals surface area contributed by atoms with Gasteiger partial charge in [0, 0.05) is 39.4 Å². The standard InChI is InChI=1S/C46H59NO14/c1-25-29(58-38(52)34(49)33(27-18-14-12-15-19-27)47-40(53)61-41(3,4)5)23-46(54)42(6,7)32(25)35(56-11)36(50)43(8)30(55-10)22-31-45(24-57-31,59-26(2)48)39(43)44(46,9)60-37(51)28-20-16-13-17-21-28/h12-21,29-31,33-35,39,49,54H,22-24H2,1-11H3,(H,47,53)/t29-,30-,31+,33-,34+,35+,39+,43-,44+,45-,46-/m0/s1. The van der Waals surface area contributed by atoms with Gasteiger partial charge in [-0.15, -0.1) is 0 Å². The quantitative estimate of drug-likeness (QED) is 0.165. The van der Waals surface area contributed by atoms with Crippen LogP contribution in [0.1, 0.15) is 97.1 Å². The number of rotatable bonds is 10. The van der Waals surface area contributed by atoms with Gasteiger partial charge in [0.05, 0.1) is 35.6 Å². The number of aliphatic hydroxyl groups is 2. The summed E-state index contributed by atoms with van der Waals surface area (Å²) in [7, 11) is 2.79. The first kappa shape index (κ1) is 45.8. The number of fused-ring (bicyclic) bond motifs is 5. The van der Waals surface area contributed by atoms with Crippen LogP contribution in [0.15, 0.2) is 71.8 Å². The summed E-state index contributed by atoms with van der Waals surface area (Å²) in [6.45, 7) is 14.2. The van der Waals surface area contributed by atoms with Crippen molar-refractivity contribution >= 4 is 29.8 Å². The second-order valence-electron chi connectivity index (χ2n) is 18.6. The maximum Gasteiger partial charge on any atom is 0.408 e. The molecule has 0 radical (unpaired) electrons. The molecule has 61 heavy (non-hydrogen) atoms. The molecule has 3 aliphatic carbocycles. The van der Waals surface area contributed by atoms with Gasteiger partial charge in [-0.25, -0.2) is 14.4 Å². The lowest BCUT2D eigenvalue weighted by atomic mass is 9.41. The molecule has 6 rings (SSSR count). The number of carbonyl (C=O) groups is 5. The first-order chi connectivity index (χ1) is 28.4. The number of ether oxygens (including phenoxy) is 7. The van der Waals surface area contributed by atoms with E-state index < -0.39 is 112 Å². The number of hydrogen-bond donors (Lipinski definition) is 3. The van der Waals surface area contributed by atoms with Crippen LogP contribution in [-0.2, 0) is 47.5 Å². The monoisotopic (exact) mass is 849 g/mol. The fourth-order valence-electron chi connectivity index (χ4n) is 10.8. The minimum absolute atomic E-state index is 0.111. The van der Waals surface area contributed by atoms with Gasteiger partial charge in [0.1, 0.15) is 35.1 Å². The average Bonchev–Trinajstić information content (AvgIpc) is 3.18. The van der Waals surface area contributed by atoms with Crippen molar-refractivity contribution in [3.8, 4) is 0 Å². The highest BCUT2D eigenvalue weighted by Gasteiger charge is 2.82. The lowest BCUT2D eigenvalue weighted by molar-refractivity contribution is -0.367. The molecule has 2 aromatic carbocycles. The molecule has 1 aliphatic heterocycles. The molecule has 1 saturated heterocycles. The predicted molar refractivity (Wildman–Crippen MR) is 218 cm³/mol. The molecule has 1 amide bonds. The van der Waals surface area contributed by atoms with Gasteiger partial charge in [-0.2, -0.15) is 0 Å². The van der Waals surface area contributed by atoms with Gasteiger partial charge >= 0.3 is 24.0 Å². The molecule has 2 aromatic rings. The van der Waals surface area contributed by atoms with Crippen molar-refractivity contribution < 1.29 is 67.3 Å². The van der Waals surface area contributed by atoms with Crippen LogP contribution in [0.2, 0.25) is 0 Å². The van der Waals surface area contributed by atoms with Gasteiger partial charge in [-0.05, 0) is 70.4 Å². The van der Waals surface area contributed by atoms with Gasteiger partial charge in [0.2, 0.25) is 0 Å². The van der Waals surface area contributed by atoms with Crippen molar-refractivity contribution in [2.45, 2.75) is 134 Å². The summed E-state index contributed by atoms with van der Waals surface area (Å²) in [5.74, 6) is -4.61. The zero-order valence-corrected chi connectivity index (χ0v) is 36.7. The van der Waals surface area contributed by atoms with E-state index in [1.807, 2.05) is 0 Å². The molecular weight excluding hydrogens is 790 g/mol. The minimum atomic E-state index is -2.28. The van der Waals surface area contributed by atoms with E-state index in [4.69, 9.17) is 33.2 Å². The van der Waals surface area contributed by atoms with Crippen molar-refractivity contribution in [2.75, 3.05) is 20.8 Å². The number of nitrogens with one attached hydrogen (secondary N) is 1. The van der Waals surface area contributed by atoms with Crippen LogP contribution in [0, 0.1) is 16.7 Å². The van der Waals surface area contributed by atoms with E-state index in [9.17, 15) is 29.4 Å². The summed E-state index contributed by atoms with van der Waals surface area (Å²) in [4.78, 5) is 70.7. The number of methoxy groups -OCH3 is 2. The number of benzene rings is 2. The molecule has 15 heteroatoms. The van der Waals surface area contributed by atoms with Crippen molar-refractivity contribution in [1.29, 1.82) is 0 Å². The van der Waals surface area contributed by atoms with Gasteiger partial charge in [0.25, 0.3) is 0 Å². The first-order valence-corrected chi connectivity index (χ1v) is 20.5. The highest BCUT2D eigenvalue weighted by Crippen LogP contribution is 2.68. The number of aliphatic hydroxyl groups excluding tert-OH is 1. The van der Waals surface area contributed by atoms with Crippen LogP contribution in [0.5, 0.6) is 0 Å². The number of ketones is 1. The Morgan fingerprint density at radius 2 is 1.52 bits per heavy atom. The molecule has 332 valence electrons. The molecule has 0 unspecified atom stereocenters. The van der Waals surface area contributed by atoms with Crippen molar-refractivity contribution in [3.05, 3.63) is 82.9 Å². The summed E-state index contributed by atoms with van der Waals surface area (Å²) in [6.07, 6.45) is -7.78. The number of alkyl carbamates (subject to hydrolysis) is 1. The summed E-state index contributed by atoms with van der Waals surface area (Å²) in [5, 5.41) is 28.3. The number of esters is 3. The summed E-state index contributed by atoms with van der Waals surface area (Å²) in [5.41, 5.74) is -9.10. The fraction of sp³-hybridized carbons (Fsp3) is 0.587. The Hall–Kier alpha value is -4.67. The normalized spacial score (nSPS) is 33.9. The molecule has 2 saturated carbocycles. The Morgan fingerprint density at radius 1 is 0.918 bits per heavy atom. The third-order valence-corrected chi connectivity index (χ3v) is 13.6. The van der Waals surface area contributed by atoms with Crippen LogP contribution in [-0.4, -0.2) is 114 Å². The Labute approximate surface area is 356 Å². The molecule has 0 aromatic heterocycles. The highest BCUT2D eigenvalue weighted by molar-refractivity contribution is 5.94. The fourth-order valence-corrected chi connectivity index (χ4v) is 10.8. The summed E-state index contributed by atoms with van der Waals surface area (Å²) >= 11 is 0. The SMILES string of the molecule is CO[C@H]1C(=O)[C@]2(C)[C@@H](OC)C[C@H]3OC[C@@]3(OC(C)=O)[C@H]2[C@@](C)(OC(=O)c2ccccc2)[C@]2(O)C[C@H](OC(=O)[C@H](O)[C@@H](NC(=O)OC(C)(C)C)c3ccccc3)C(C)=C1C2(C)C. The summed E-state index contributed by atoms with van der Waals surface area (Å²) in [6, 6.07) is 15.1. The van der Waals surface area contributed by atoms with E-state index in [-0.39, 0.29) is 24.2 Å². The van der Waals surface area contributed by atoms with E-state index in [2.05, 4.69) is 5.32 Å². The second kappa shape index (κ2) is 16.2. The van der Waals surface area contributed by atoms with Crippen molar-refractivity contribution in [2.24, 2.45) is 16.7 Å². The predicted octanol–water partition coefficient (Wildman–Crippen LogP) is 4.96. The minimum Gasteiger partial charge on any atom is -0.456 e. The highest BCUT2D eigenvalue weighted by atomic mass is 16.6. The smallest absolute Gasteiger partial charge is 0.408 e. The molecule has 0 spiro atoms. The molecule has 1 heterocycles. The third kappa shape index (κ3) is 7.45. The molecule has 3 fully saturated rings. The van der Waals surface area contributed by atoms with E-state index >= 15 is 4.79 Å². The van der Waals surface area contributed by atoms with E-state index in [0.29, 0.717) is 11.1 Å². The number of amides is 1. The second-order valence-corrected chi connectivity index (χ2v) is 18.6. The van der Waals surface area contributed by atoms with Crippen LogP contribution < -0.4 is 5.32 Å². The molecule has 4 aliphatic rings.